The molecule has 7 heteroatoms. The van der Waals surface area contributed by atoms with Crippen molar-refractivity contribution < 1.29 is 9.59 Å². The minimum Gasteiger partial charge on any atom is -0.342 e. The van der Waals surface area contributed by atoms with E-state index in [0.29, 0.717) is 31.7 Å². The minimum atomic E-state index is -0.700. The van der Waals surface area contributed by atoms with Gasteiger partial charge in [-0.15, -0.1) is 11.3 Å². The lowest BCUT2D eigenvalue weighted by Gasteiger charge is -2.52. The fraction of sp³-hybridized carbons (Fsp3) is 0.593. The summed E-state index contributed by atoms with van der Waals surface area (Å²) in [6, 6.07) is 9.93. The molecular weight excluding hydrogens is 444 g/mol. The number of aromatic nitrogens is 1. The van der Waals surface area contributed by atoms with Gasteiger partial charge in [0.2, 0.25) is 11.8 Å². The molecule has 4 rings (SSSR count). The predicted molar refractivity (Wildman–Crippen MR) is 138 cm³/mol. The van der Waals surface area contributed by atoms with E-state index in [1.165, 1.54) is 4.88 Å². The highest BCUT2D eigenvalue weighted by molar-refractivity contribution is 7.15. The summed E-state index contributed by atoms with van der Waals surface area (Å²) in [6.07, 6.45) is 4.01. The highest BCUT2D eigenvalue weighted by atomic mass is 32.1. The lowest BCUT2D eigenvalue weighted by molar-refractivity contribution is -0.161. The number of unbranched alkanes of at least 4 members (excludes halogenated alkanes) is 1. The van der Waals surface area contributed by atoms with Crippen molar-refractivity contribution in [3.05, 3.63) is 40.9 Å². The summed E-state index contributed by atoms with van der Waals surface area (Å²) in [5.41, 5.74) is 1.53. The summed E-state index contributed by atoms with van der Waals surface area (Å²) in [7, 11) is 0. The molecule has 0 aliphatic carbocycles. The smallest absolute Gasteiger partial charge is 0.246 e. The quantitative estimate of drug-likeness (QED) is 0.596. The van der Waals surface area contributed by atoms with Crippen LogP contribution in [-0.2, 0) is 16.1 Å². The molecule has 184 valence electrons. The molecule has 2 fully saturated rings. The zero-order valence-electron chi connectivity index (χ0n) is 21.0. The second-order valence-electron chi connectivity index (χ2n) is 10.2. The Balaban J connectivity index is 1.46. The topological polar surface area (TPSA) is 65.5 Å². The molecule has 2 aromatic rings. The first-order chi connectivity index (χ1) is 16.3. The molecule has 0 saturated carbocycles. The third kappa shape index (κ3) is 5.05. The number of nitrogens with zero attached hydrogens (tertiary/aromatic N) is 3. The molecule has 2 aliphatic rings. The van der Waals surface area contributed by atoms with Crippen LogP contribution < -0.4 is 5.32 Å². The maximum absolute atomic E-state index is 13.4. The summed E-state index contributed by atoms with van der Waals surface area (Å²) < 4.78 is 0. The Morgan fingerprint density at radius 1 is 1.18 bits per heavy atom. The van der Waals surface area contributed by atoms with Crippen LogP contribution in [0.5, 0.6) is 0 Å². The van der Waals surface area contributed by atoms with Crippen LogP contribution in [-0.4, -0.2) is 57.8 Å². The first-order valence-corrected chi connectivity index (χ1v) is 13.5. The van der Waals surface area contributed by atoms with Gasteiger partial charge in [-0.05, 0) is 38.5 Å². The third-order valence-corrected chi connectivity index (χ3v) is 8.41. The number of thiazole rings is 1. The molecule has 1 aromatic carbocycles. The Bertz CT molecular complexity index is 995. The van der Waals surface area contributed by atoms with Crippen molar-refractivity contribution in [2.45, 2.75) is 77.9 Å². The van der Waals surface area contributed by atoms with Crippen molar-refractivity contribution in [2.24, 2.45) is 5.92 Å². The van der Waals surface area contributed by atoms with Gasteiger partial charge < -0.3 is 10.2 Å². The molecule has 34 heavy (non-hydrogen) atoms. The molecule has 0 bridgehead atoms. The fourth-order valence-electron chi connectivity index (χ4n) is 5.21. The van der Waals surface area contributed by atoms with Crippen LogP contribution in [0.15, 0.2) is 30.3 Å². The van der Waals surface area contributed by atoms with Crippen LogP contribution in [0.25, 0.3) is 10.6 Å². The molecule has 1 spiro atoms. The van der Waals surface area contributed by atoms with Gasteiger partial charge in [0.15, 0.2) is 0 Å². The molecule has 1 N–H and O–H groups in total. The van der Waals surface area contributed by atoms with E-state index in [1.54, 1.807) is 11.3 Å². The van der Waals surface area contributed by atoms with E-state index in [1.807, 2.05) is 23.1 Å². The van der Waals surface area contributed by atoms with Gasteiger partial charge in [0, 0.05) is 36.6 Å². The molecule has 2 aliphatic heterocycles. The summed E-state index contributed by atoms with van der Waals surface area (Å²) in [5.74, 6) is 0.524. The van der Waals surface area contributed by atoms with Gasteiger partial charge in [-0.1, -0.05) is 57.5 Å². The van der Waals surface area contributed by atoms with Gasteiger partial charge in [0.05, 0.1) is 5.69 Å². The monoisotopic (exact) mass is 482 g/mol. The van der Waals surface area contributed by atoms with E-state index in [4.69, 9.17) is 4.98 Å². The Morgan fingerprint density at radius 2 is 1.88 bits per heavy atom. The van der Waals surface area contributed by atoms with Crippen LogP contribution in [0, 0.1) is 12.8 Å². The largest absolute Gasteiger partial charge is 0.342 e. The molecule has 6 nitrogen and oxygen atoms in total. The number of amides is 2. The molecular formula is C27H38N4O2S. The zero-order chi connectivity index (χ0) is 24.3. The van der Waals surface area contributed by atoms with Crippen molar-refractivity contribution in [1.29, 1.82) is 0 Å². The fourth-order valence-corrected chi connectivity index (χ4v) is 6.32. The minimum absolute atomic E-state index is 0.0498. The number of likely N-dealkylation sites (tertiary alicyclic amines) is 1. The predicted octanol–water partition coefficient (Wildman–Crippen LogP) is 4.63. The van der Waals surface area contributed by atoms with Gasteiger partial charge in [0.25, 0.3) is 0 Å². The number of piperidine rings is 1. The van der Waals surface area contributed by atoms with E-state index >= 15 is 0 Å². The molecule has 0 radical (unpaired) electrons. The Morgan fingerprint density at radius 3 is 2.53 bits per heavy atom. The lowest BCUT2D eigenvalue weighted by Crippen LogP contribution is -2.73. The van der Waals surface area contributed by atoms with Gasteiger partial charge in [-0.25, -0.2) is 4.98 Å². The van der Waals surface area contributed by atoms with Crippen LogP contribution in [0.2, 0.25) is 0 Å². The first-order valence-electron chi connectivity index (χ1n) is 12.7. The van der Waals surface area contributed by atoms with E-state index in [0.717, 1.165) is 48.7 Å². The first kappa shape index (κ1) is 24.9. The van der Waals surface area contributed by atoms with Crippen LogP contribution in [0.1, 0.15) is 63.4 Å². The average Bonchev–Trinajstić information content (AvgIpc) is 3.19. The highest BCUT2D eigenvalue weighted by Crippen LogP contribution is 2.36. The standard InChI is InChI=1S/C27H38N4O2S/c1-5-6-14-31-25(32)22(17-19(2)3)29-26(33)27(31)12-15-30(16-13-27)18-23-20(4)28-24(34-23)21-10-8-7-9-11-21/h7-11,19,22H,5-6,12-18H2,1-4H3,(H,29,33). The zero-order valence-corrected chi connectivity index (χ0v) is 21.8. The summed E-state index contributed by atoms with van der Waals surface area (Å²) in [6.45, 7) is 11.5. The highest BCUT2D eigenvalue weighted by Gasteiger charge is 2.53. The number of aryl methyl sites for hydroxylation is 1. The van der Waals surface area contributed by atoms with Crippen LogP contribution >= 0.6 is 11.3 Å². The van der Waals surface area contributed by atoms with Crippen LogP contribution in [0.4, 0.5) is 0 Å². The number of rotatable bonds is 8. The van der Waals surface area contributed by atoms with Crippen LogP contribution in [0.3, 0.4) is 0 Å². The molecule has 2 saturated heterocycles. The number of piperazine rings is 1. The molecule has 1 aromatic heterocycles. The SMILES string of the molecule is CCCCN1C(=O)C(CC(C)C)NC(=O)C12CCN(Cc1sc(-c3ccccc3)nc1C)CC2. The van der Waals surface area contributed by atoms with E-state index in [-0.39, 0.29) is 17.9 Å². The summed E-state index contributed by atoms with van der Waals surface area (Å²) in [5, 5.41) is 4.16. The van der Waals surface area contributed by atoms with Crippen molar-refractivity contribution in [1.82, 2.24) is 20.1 Å². The van der Waals surface area contributed by atoms with Crippen molar-refractivity contribution in [3.63, 3.8) is 0 Å². The second-order valence-corrected chi connectivity index (χ2v) is 11.3. The van der Waals surface area contributed by atoms with Crippen molar-refractivity contribution in [2.75, 3.05) is 19.6 Å². The van der Waals surface area contributed by atoms with Gasteiger partial charge in [-0.3, -0.25) is 14.5 Å². The number of carbonyl (C=O) groups excluding carboxylic acids is 2. The van der Waals surface area contributed by atoms with E-state index in [2.05, 4.69) is 50.0 Å². The van der Waals surface area contributed by atoms with Crippen molar-refractivity contribution in [3.8, 4) is 10.6 Å². The second kappa shape index (κ2) is 10.6. The number of hydrogen-bond acceptors (Lipinski definition) is 5. The lowest BCUT2D eigenvalue weighted by atomic mass is 9.80. The molecule has 1 unspecified atom stereocenters. The molecule has 1 atom stereocenters. The molecule has 2 amide bonds. The third-order valence-electron chi connectivity index (χ3n) is 7.22. The van der Waals surface area contributed by atoms with E-state index < -0.39 is 5.54 Å². The average molecular weight is 483 g/mol. The van der Waals surface area contributed by atoms with Gasteiger partial charge in [-0.2, -0.15) is 0 Å². The van der Waals surface area contributed by atoms with Crippen molar-refractivity contribution >= 4 is 23.2 Å². The normalized spacial score (nSPS) is 20.9. The van der Waals surface area contributed by atoms with E-state index in [9.17, 15) is 9.59 Å². The Hall–Kier alpha value is -2.25. The van der Waals surface area contributed by atoms with Gasteiger partial charge >= 0.3 is 0 Å². The number of carbonyl (C=O) groups is 2. The molecule has 3 heterocycles. The Labute approximate surface area is 207 Å². The maximum Gasteiger partial charge on any atom is 0.246 e. The number of hydrogen-bond donors (Lipinski definition) is 1. The summed E-state index contributed by atoms with van der Waals surface area (Å²) >= 11 is 1.76. The number of benzene rings is 1. The van der Waals surface area contributed by atoms with Gasteiger partial charge in [0.1, 0.15) is 16.6 Å². The summed E-state index contributed by atoms with van der Waals surface area (Å²) in [4.78, 5) is 37.3. The Kier molecular flexibility index (Phi) is 7.73. The number of nitrogens with one attached hydrogen (secondary N) is 1. The maximum atomic E-state index is 13.4.